The van der Waals surface area contributed by atoms with E-state index < -0.39 is 23.3 Å². The molecule has 2 aliphatic heterocycles. The van der Waals surface area contributed by atoms with Crippen LogP contribution in [-0.2, 0) is 38.7 Å². The molecule has 0 aromatic heterocycles. The number of hydrogen-bond donors (Lipinski definition) is 2. The lowest BCUT2D eigenvalue weighted by Crippen LogP contribution is -2.48. The number of hydrogen-bond acceptors (Lipinski definition) is 8. The quantitative estimate of drug-likeness (QED) is 0.436. The predicted octanol–water partition coefficient (Wildman–Crippen LogP) is 2.26. The van der Waals surface area contributed by atoms with Gasteiger partial charge in [0.15, 0.2) is 0 Å². The molecule has 166 valence electrons. The molecular weight excluding hydrogens is 472 g/mol. The molecule has 3 N–H and O–H groups in total. The number of ether oxygens (including phenoxy) is 4. The van der Waals surface area contributed by atoms with E-state index in [9.17, 15) is 14.4 Å². The summed E-state index contributed by atoms with van der Waals surface area (Å²) in [6, 6.07) is 5.03. The van der Waals surface area contributed by atoms with Crippen LogP contribution in [0.25, 0.3) is 0 Å². The van der Waals surface area contributed by atoms with E-state index in [4.69, 9.17) is 24.7 Å². The van der Waals surface area contributed by atoms with E-state index in [2.05, 4.69) is 21.2 Å². The highest BCUT2D eigenvalue weighted by Gasteiger charge is 2.61. The first-order chi connectivity index (χ1) is 14.8. The van der Waals surface area contributed by atoms with Crippen LogP contribution in [0.3, 0.4) is 0 Å². The number of nitrogens with one attached hydrogen (secondary N) is 1. The summed E-state index contributed by atoms with van der Waals surface area (Å²) in [4.78, 5) is 39.6. The second kappa shape index (κ2) is 9.11. The lowest BCUT2D eigenvalue weighted by atomic mass is 9.67. The number of rotatable bonds is 7. The Labute approximate surface area is 187 Å². The molecule has 1 amide bonds. The minimum Gasteiger partial charge on any atom is -0.462 e. The van der Waals surface area contributed by atoms with Crippen LogP contribution in [0.1, 0.15) is 26.3 Å². The first-order valence-electron chi connectivity index (χ1n) is 9.71. The summed E-state index contributed by atoms with van der Waals surface area (Å²) in [6.45, 7) is 5.54. The average Bonchev–Trinajstić information content (AvgIpc) is 2.97. The third kappa shape index (κ3) is 3.81. The standard InChI is InChI=1S/C21H23BrN2O7/c1-4-28-8-9-30-19(26)16-17(23)31-11(3)15(18(25)29-5-2)21(16)13-10-12(22)6-7-14(13)24-20(21)27/h6-7,10H,4-5,8-9,23H2,1-3H3,(H,24,27). The van der Waals surface area contributed by atoms with Crippen molar-refractivity contribution in [3.8, 4) is 0 Å². The van der Waals surface area contributed by atoms with Crippen LogP contribution in [0.15, 0.2) is 45.5 Å². The van der Waals surface area contributed by atoms with Gasteiger partial charge >= 0.3 is 11.9 Å². The average molecular weight is 495 g/mol. The maximum atomic E-state index is 13.5. The van der Waals surface area contributed by atoms with Gasteiger partial charge in [0.05, 0.1) is 13.2 Å². The summed E-state index contributed by atoms with van der Waals surface area (Å²) in [6.07, 6.45) is 0. The highest BCUT2D eigenvalue weighted by atomic mass is 79.9. The summed E-state index contributed by atoms with van der Waals surface area (Å²) >= 11 is 3.39. The Balaban J connectivity index is 2.22. The molecule has 0 saturated heterocycles. The summed E-state index contributed by atoms with van der Waals surface area (Å²) in [5.74, 6) is -2.59. The summed E-state index contributed by atoms with van der Waals surface area (Å²) in [7, 11) is 0. The Morgan fingerprint density at radius 3 is 2.52 bits per heavy atom. The minimum atomic E-state index is -1.89. The van der Waals surface area contributed by atoms with Crippen molar-refractivity contribution in [2.24, 2.45) is 5.73 Å². The number of carbonyl (C=O) groups excluding carboxylic acids is 3. The van der Waals surface area contributed by atoms with Gasteiger partial charge in [-0.15, -0.1) is 0 Å². The Bertz CT molecular complexity index is 1000. The zero-order valence-corrected chi connectivity index (χ0v) is 19.0. The molecule has 9 nitrogen and oxygen atoms in total. The first-order valence-corrected chi connectivity index (χ1v) is 10.5. The molecule has 1 unspecified atom stereocenters. The fraction of sp³-hybridized carbons (Fsp3) is 0.381. The summed E-state index contributed by atoms with van der Waals surface area (Å²) < 4.78 is 21.9. The molecule has 0 fully saturated rings. The summed E-state index contributed by atoms with van der Waals surface area (Å²) in [5.41, 5.74) is 4.58. The van der Waals surface area contributed by atoms with Gasteiger partial charge in [-0.1, -0.05) is 15.9 Å². The van der Waals surface area contributed by atoms with Crippen LogP contribution in [0.4, 0.5) is 5.69 Å². The smallest absolute Gasteiger partial charge is 0.341 e. The van der Waals surface area contributed by atoms with E-state index in [1.807, 2.05) is 6.92 Å². The maximum Gasteiger partial charge on any atom is 0.341 e. The zero-order chi connectivity index (χ0) is 22.8. The number of allylic oxidation sites excluding steroid dienone is 1. The van der Waals surface area contributed by atoms with E-state index in [1.165, 1.54) is 6.92 Å². The van der Waals surface area contributed by atoms with Crippen LogP contribution >= 0.6 is 15.9 Å². The van der Waals surface area contributed by atoms with Gasteiger partial charge in [-0.2, -0.15) is 0 Å². The van der Waals surface area contributed by atoms with Crippen molar-refractivity contribution in [1.29, 1.82) is 0 Å². The predicted molar refractivity (Wildman–Crippen MR) is 114 cm³/mol. The lowest BCUT2D eigenvalue weighted by molar-refractivity contribution is -0.144. The van der Waals surface area contributed by atoms with Crippen molar-refractivity contribution in [2.75, 3.05) is 31.7 Å². The van der Waals surface area contributed by atoms with Crippen molar-refractivity contribution < 1.29 is 33.3 Å². The van der Waals surface area contributed by atoms with Crippen LogP contribution < -0.4 is 11.1 Å². The van der Waals surface area contributed by atoms with E-state index in [0.717, 1.165) is 0 Å². The fourth-order valence-corrected chi connectivity index (χ4v) is 4.14. The van der Waals surface area contributed by atoms with Gasteiger partial charge in [0.1, 0.15) is 28.9 Å². The molecule has 1 aromatic carbocycles. The van der Waals surface area contributed by atoms with E-state index in [0.29, 0.717) is 22.3 Å². The molecular formula is C21H23BrN2O7. The molecule has 2 heterocycles. The van der Waals surface area contributed by atoms with Crippen LogP contribution in [-0.4, -0.2) is 44.3 Å². The largest absolute Gasteiger partial charge is 0.462 e. The molecule has 0 aliphatic carbocycles. The van der Waals surface area contributed by atoms with Crippen LogP contribution in [0.2, 0.25) is 0 Å². The Morgan fingerprint density at radius 1 is 1.13 bits per heavy atom. The van der Waals surface area contributed by atoms with Gasteiger partial charge in [0.25, 0.3) is 0 Å². The number of nitrogens with two attached hydrogens (primary N) is 1. The van der Waals surface area contributed by atoms with Crippen molar-refractivity contribution in [1.82, 2.24) is 0 Å². The summed E-state index contributed by atoms with van der Waals surface area (Å²) in [5, 5.41) is 2.74. The van der Waals surface area contributed by atoms with E-state index in [1.54, 1.807) is 25.1 Å². The molecule has 0 saturated carbocycles. The van der Waals surface area contributed by atoms with Gasteiger partial charge in [-0.3, -0.25) is 4.79 Å². The zero-order valence-electron chi connectivity index (χ0n) is 17.4. The minimum absolute atomic E-state index is 0.0600. The second-order valence-corrected chi connectivity index (χ2v) is 7.64. The van der Waals surface area contributed by atoms with Crippen LogP contribution in [0, 0.1) is 0 Å². The Kier molecular flexibility index (Phi) is 6.71. The Hall–Kier alpha value is -2.85. The maximum absolute atomic E-state index is 13.5. The number of anilines is 1. The molecule has 1 spiro atoms. The Morgan fingerprint density at radius 2 is 1.84 bits per heavy atom. The lowest BCUT2D eigenvalue weighted by Gasteiger charge is -2.35. The molecule has 31 heavy (non-hydrogen) atoms. The second-order valence-electron chi connectivity index (χ2n) is 6.72. The third-order valence-electron chi connectivity index (χ3n) is 4.93. The van der Waals surface area contributed by atoms with Gasteiger partial charge in [0.2, 0.25) is 11.8 Å². The van der Waals surface area contributed by atoms with Crippen molar-refractivity contribution >= 4 is 39.5 Å². The number of amides is 1. The number of benzene rings is 1. The van der Waals surface area contributed by atoms with Gasteiger partial charge < -0.3 is 30.0 Å². The fourth-order valence-electron chi connectivity index (χ4n) is 3.77. The molecule has 1 aromatic rings. The molecule has 0 radical (unpaired) electrons. The highest BCUT2D eigenvalue weighted by Crippen LogP contribution is 2.53. The van der Waals surface area contributed by atoms with Crippen molar-refractivity contribution in [3.63, 3.8) is 0 Å². The molecule has 3 rings (SSSR count). The van der Waals surface area contributed by atoms with E-state index >= 15 is 0 Å². The monoisotopic (exact) mass is 494 g/mol. The molecule has 1 atom stereocenters. The molecule has 0 bridgehead atoms. The number of fused-ring (bicyclic) bond motifs is 2. The van der Waals surface area contributed by atoms with E-state index in [-0.39, 0.29) is 42.6 Å². The highest BCUT2D eigenvalue weighted by molar-refractivity contribution is 9.10. The van der Waals surface area contributed by atoms with Crippen LogP contribution in [0.5, 0.6) is 0 Å². The topological polar surface area (TPSA) is 126 Å². The van der Waals surface area contributed by atoms with Gasteiger partial charge in [-0.25, -0.2) is 9.59 Å². The van der Waals surface area contributed by atoms with Gasteiger partial charge in [-0.05, 0) is 39.0 Å². The first kappa shape index (κ1) is 22.8. The SMILES string of the molecule is CCOCCOC(=O)C1=C(N)OC(C)=C(C(=O)OCC)C12C(=O)Nc1ccc(Br)cc12. The van der Waals surface area contributed by atoms with Crippen molar-refractivity contribution in [2.45, 2.75) is 26.2 Å². The number of esters is 2. The number of carbonyl (C=O) groups is 3. The van der Waals surface area contributed by atoms with Crippen molar-refractivity contribution in [3.05, 3.63) is 51.0 Å². The molecule has 2 aliphatic rings. The number of halogens is 1. The van der Waals surface area contributed by atoms with Gasteiger partial charge in [0, 0.05) is 22.3 Å². The molecule has 10 heteroatoms. The third-order valence-corrected chi connectivity index (χ3v) is 5.43. The normalized spacial score (nSPS) is 19.8.